The summed E-state index contributed by atoms with van der Waals surface area (Å²) >= 11 is 0. The van der Waals surface area contributed by atoms with Gasteiger partial charge in [0.05, 0.1) is 10.9 Å². The van der Waals surface area contributed by atoms with Crippen molar-refractivity contribution in [3.05, 3.63) is 94.8 Å². The Morgan fingerprint density at radius 3 is 1.88 bits per heavy atom. The molecule has 1 N–H and O–H groups in total. The van der Waals surface area contributed by atoms with Gasteiger partial charge < -0.3 is 10.2 Å². The average molecular weight is 585 g/mol. The van der Waals surface area contributed by atoms with Crippen LogP contribution < -0.4 is 10.7 Å². The van der Waals surface area contributed by atoms with Crippen LogP contribution in [0.5, 0.6) is 0 Å². The van der Waals surface area contributed by atoms with Crippen molar-refractivity contribution < 1.29 is 18.0 Å². The lowest BCUT2D eigenvalue weighted by atomic mass is 10.1. The maximum Gasteiger partial charge on any atom is 0.417 e. The first kappa shape index (κ1) is 35.9. The molecule has 4 rings (SSSR count). The lowest BCUT2D eigenvalue weighted by molar-refractivity contribution is -0.136. The fraction of sp³-hybridized carbons (Fsp3) is 0.364. The predicted molar refractivity (Wildman–Crippen MR) is 168 cm³/mol. The van der Waals surface area contributed by atoms with Gasteiger partial charge in [-0.3, -0.25) is 14.2 Å². The molecule has 1 amide bonds. The summed E-state index contributed by atoms with van der Waals surface area (Å²) in [5.41, 5.74) is -0.540. The first-order valence-corrected chi connectivity index (χ1v) is 14.4. The molecule has 0 saturated heterocycles. The summed E-state index contributed by atoms with van der Waals surface area (Å²) in [5, 5.41) is 2.64. The van der Waals surface area contributed by atoms with Crippen LogP contribution in [0.3, 0.4) is 0 Å². The third-order valence-electron chi connectivity index (χ3n) is 5.43. The molecule has 9 heteroatoms. The zero-order valence-electron chi connectivity index (χ0n) is 25.4. The van der Waals surface area contributed by atoms with Crippen LogP contribution in [-0.2, 0) is 11.0 Å². The number of halogens is 3. The number of carbonyl (C=O) groups excluding carboxylic acids is 1. The molecule has 0 spiro atoms. The summed E-state index contributed by atoms with van der Waals surface area (Å²) in [4.78, 5) is 28.8. The maximum absolute atomic E-state index is 13.5. The van der Waals surface area contributed by atoms with E-state index in [9.17, 15) is 22.8 Å². The van der Waals surface area contributed by atoms with E-state index in [1.165, 1.54) is 17.1 Å². The Labute approximate surface area is 247 Å². The van der Waals surface area contributed by atoms with Gasteiger partial charge in [-0.2, -0.15) is 13.2 Å². The number of benzene rings is 2. The maximum atomic E-state index is 13.5. The standard InChI is InChI=1S/C21H14F3N3O.C7H15NO.C3H8.C2H6/c22-21(23,24)16-11-12-25-20-19(16)17(28)13-18(26-14-7-3-1-4-8-14)27(20)15-9-5-2-6-10-15;1-3-5-8(7-9)6-4-2;1-3-2;1-2/h1-13,26H;7H,3-6H2,1-2H3;3H2,1-2H3;1-2H3. The molecule has 0 unspecified atom stereocenters. The minimum absolute atomic E-state index is 0.0630. The van der Waals surface area contributed by atoms with E-state index in [0.717, 1.165) is 44.6 Å². The van der Waals surface area contributed by atoms with E-state index in [2.05, 4.69) is 38.0 Å². The van der Waals surface area contributed by atoms with Gasteiger partial charge in [0.25, 0.3) is 0 Å². The molecular formula is C33H43F3N4O2. The molecule has 0 atom stereocenters. The molecular weight excluding hydrogens is 541 g/mol. The Morgan fingerprint density at radius 2 is 1.40 bits per heavy atom. The Kier molecular flexibility index (Phi) is 16.3. The highest BCUT2D eigenvalue weighted by Gasteiger charge is 2.34. The molecule has 2 aromatic carbocycles. The first-order valence-electron chi connectivity index (χ1n) is 14.4. The Balaban J connectivity index is 0.000000532. The number of hydrogen-bond acceptors (Lipinski definition) is 4. The molecule has 0 saturated carbocycles. The number of nitrogens with one attached hydrogen (secondary N) is 1. The zero-order chi connectivity index (χ0) is 31.5. The number of carbonyl (C=O) groups is 1. The Bertz CT molecular complexity index is 1370. The number of para-hydroxylation sites is 2. The van der Waals surface area contributed by atoms with Crippen molar-refractivity contribution in [3.8, 4) is 5.69 Å². The molecule has 228 valence electrons. The summed E-state index contributed by atoms with van der Waals surface area (Å²) < 4.78 is 42.0. The molecule has 0 bridgehead atoms. The van der Waals surface area contributed by atoms with Crippen LogP contribution in [-0.4, -0.2) is 34.0 Å². The predicted octanol–water partition coefficient (Wildman–Crippen LogP) is 8.86. The van der Waals surface area contributed by atoms with Crippen molar-refractivity contribution in [2.24, 2.45) is 0 Å². The number of alkyl halides is 3. The van der Waals surface area contributed by atoms with Gasteiger partial charge in [-0.15, -0.1) is 0 Å². The van der Waals surface area contributed by atoms with Crippen LogP contribution in [0.15, 0.2) is 83.8 Å². The quantitative estimate of drug-likeness (QED) is 0.210. The second kappa shape index (κ2) is 19.1. The molecule has 2 heterocycles. The number of hydrogen-bond donors (Lipinski definition) is 1. The number of anilines is 2. The zero-order valence-corrected chi connectivity index (χ0v) is 25.4. The van der Waals surface area contributed by atoms with Gasteiger partial charge in [-0.25, -0.2) is 4.98 Å². The number of amides is 1. The molecule has 42 heavy (non-hydrogen) atoms. The van der Waals surface area contributed by atoms with E-state index in [-0.39, 0.29) is 5.65 Å². The molecule has 6 nitrogen and oxygen atoms in total. The Morgan fingerprint density at radius 1 is 0.881 bits per heavy atom. The summed E-state index contributed by atoms with van der Waals surface area (Å²) in [6.45, 7) is 14.2. The van der Waals surface area contributed by atoms with Crippen LogP contribution in [0.25, 0.3) is 16.7 Å². The third-order valence-corrected chi connectivity index (χ3v) is 5.43. The van der Waals surface area contributed by atoms with Crippen LogP contribution >= 0.6 is 0 Å². The Hall–Kier alpha value is -4.14. The minimum Gasteiger partial charge on any atom is -0.345 e. The average Bonchev–Trinajstić information content (AvgIpc) is 2.99. The van der Waals surface area contributed by atoms with Crippen molar-refractivity contribution in [3.63, 3.8) is 0 Å². The van der Waals surface area contributed by atoms with Gasteiger partial charge in [0, 0.05) is 36.7 Å². The van der Waals surface area contributed by atoms with Crippen molar-refractivity contribution in [1.29, 1.82) is 0 Å². The number of aromatic nitrogens is 2. The highest BCUT2D eigenvalue weighted by molar-refractivity contribution is 5.84. The van der Waals surface area contributed by atoms with E-state index in [0.29, 0.717) is 17.2 Å². The van der Waals surface area contributed by atoms with Gasteiger partial charge in [0.1, 0.15) is 5.82 Å². The van der Waals surface area contributed by atoms with Gasteiger partial charge >= 0.3 is 6.18 Å². The van der Waals surface area contributed by atoms with E-state index in [4.69, 9.17) is 0 Å². The van der Waals surface area contributed by atoms with Crippen LogP contribution in [0, 0.1) is 0 Å². The molecule has 0 aliphatic heterocycles. The van der Waals surface area contributed by atoms with E-state index in [1.807, 2.05) is 32.0 Å². The molecule has 0 aliphatic rings. The van der Waals surface area contributed by atoms with Gasteiger partial charge in [0.15, 0.2) is 11.1 Å². The molecule has 0 fully saturated rings. The van der Waals surface area contributed by atoms with Crippen molar-refractivity contribution >= 4 is 28.9 Å². The van der Waals surface area contributed by atoms with Gasteiger partial charge in [-0.1, -0.05) is 84.4 Å². The van der Waals surface area contributed by atoms with Crippen LogP contribution in [0.1, 0.15) is 66.4 Å². The highest BCUT2D eigenvalue weighted by atomic mass is 19.4. The van der Waals surface area contributed by atoms with Crippen molar-refractivity contribution in [2.45, 2.75) is 67.0 Å². The largest absolute Gasteiger partial charge is 0.417 e. The summed E-state index contributed by atoms with van der Waals surface area (Å²) in [6.07, 6.45) is 0.685. The number of pyridine rings is 2. The molecule has 4 aromatic rings. The van der Waals surface area contributed by atoms with Crippen LogP contribution in [0.4, 0.5) is 24.7 Å². The molecule has 0 aliphatic carbocycles. The fourth-order valence-electron chi connectivity index (χ4n) is 3.87. The topological polar surface area (TPSA) is 67.2 Å². The third kappa shape index (κ3) is 10.7. The van der Waals surface area contributed by atoms with Gasteiger partial charge in [-0.05, 0) is 43.2 Å². The molecule has 2 aromatic heterocycles. The van der Waals surface area contributed by atoms with Gasteiger partial charge in [0.2, 0.25) is 6.41 Å². The first-order chi connectivity index (χ1) is 20.2. The summed E-state index contributed by atoms with van der Waals surface area (Å²) in [6, 6.07) is 19.8. The minimum atomic E-state index is -4.66. The summed E-state index contributed by atoms with van der Waals surface area (Å²) in [7, 11) is 0. The lowest BCUT2D eigenvalue weighted by Gasteiger charge is -2.19. The normalized spacial score (nSPS) is 10.2. The number of rotatable bonds is 8. The fourth-order valence-corrected chi connectivity index (χ4v) is 3.87. The smallest absolute Gasteiger partial charge is 0.345 e. The number of nitrogens with zero attached hydrogens (tertiary/aromatic N) is 3. The van der Waals surface area contributed by atoms with E-state index in [1.54, 1.807) is 47.4 Å². The second-order valence-electron chi connectivity index (χ2n) is 8.96. The van der Waals surface area contributed by atoms with Crippen molar-refractivity contribution in [1.82, 2.24) is 14.5 Å². The van der Waals surface area contributed by atoms with Crippen molar-refractivity contribution in [2.75, 3.05) is 18.4 Å². The highest BCUT2D eigenvalue weighted by Crippen LogP contribution is 2.34. The molecule has 0 radical (unpaired) electrons. The number of fused-ring (bicyclic) bond motifs is 1. The lowest BCUT2D eigenvalue weighted by Crippen LogP contribution is -2.23. The SMILES string of the molecule is CC.CCC.CCCN(C=O)CCC.O=c1cc(Nc2ccccc2)n(-c2ccccc2)c2nccc(C(F)(F)F)c12. The van der Waals surface area contributed by atoms with E-state index >= 15 is 0 Å². The van der Waals surface area contributed by atoms with E-state index < -0.39 is 22.6 Å². The van der Waals surface area contributed by atoms with Crippen LogP contribution in [0.2, 0.25) is 0 Å². The second-order valence-corrected chi connectivity index (χ2v) is 8.96. The summed E-state index contributed by atoms with van der Waals surface area (Å²) in [5.74, 6) is 0.321. The monoisotopic (exact) mass is 584 g/mol.